The lowest BCUT2D eigenvalue weighted by molar-refractivity contribution is 0.392. The molecule has 3 rings (SSSR count). The first-order valence-electron chi connectivity index (χ1n) is 8.40. The maximum atomic E-state index is 4.31. The number of anilines is 1. The number of allylic oxidation sites excluding steroid dienone is 1. The molecule has 23 heavy (non-hydrogen) atoms. The summed E-state index contributed by atoms with van der Waals surface area (Å²) >= 11 is 0. The highest BCUT2D eigenvalue weighted by atomic mass is 14.9. The molecular formula is C21H26N2. The molecule has 0 saturated carbocycles. The van der Waals surface area contributed by atoms with Crippen molar-refractivity contribution in [2.45, 2.75) is 46.5 Å². The van der Waals surface area contributed by atoms with Gasteiger partial charge in [0.1, 0.15) is 0 Å². The van der Waals surface area contributed by atoms with Crippen molar-refractivity contribution in [1.29, 1.82) is 0 Å². The molecule has 2 nitrogen and oxygen atoms in total. The monoisotopic (exact) mass is 306 g/mol. The number of aryl methyl sites for hydroxylation is 2. The van der Waals surface area contributed by atoms with E-state index in [1.165, 1.54) is 24.0 Å². The van der Waals surface area contributed by atoms with Crippen LogP contribution >= 0.6 is 0 Å². The second-order valence-corrected chi connectivity index (χ2v) is 7.49. The zero-order valence-electron chi connectivity index (χ0n) is 14.4. The first kappa shape index (κ1) is 15.8. The van der Waals surface area contributed by atoms with Gasteiger partial charge in [0.2, 0.25) is 0 Å². The fourth-order valence-electron chi connectivity index (χ4n) is 3.47. The molecular weight excluding hydrogens is 280 g/mol. The van der Waals surface area contributed by atoms with Crippen LogP contribution in [0.4, 0.5) is 5.69 Å². The minimum atomic E-state index is 0.404. The molecule has 0 atom stereocenters. The van der Waals surface area contributed by atoms with Crippen molar-refractivity contribution >= 4 is 5.69 Å². The summed E-state index contributed by atoms with van der Waals surface area (Å²) in [6.07, 6.45) is 6.25. The van der Waals surface area contributed by atoms with Gasteiger partial charge in [-0.15, -0.1) is 0 Å². The van der Waals surface area contributed by atoms with E-state index in [9.17, 15) is 0 Å². The highest BCUT2D eigenvalue weighted by Gasteiger charge is 2.29. The maximum Gasteiger partial charge on any atom is 0.0568 e. The van der Waals surface area contributed by atoms with Crippen molar-refractivity contribution in [1.82, 2.24) is 4.98 Å². The molecule has 1 N–H and O–H groups in total. The third-order valence-electron chi connectivity index (χ3n) is 4.62. The fraction of sp³-hybridized carbons (Fsp3) is 0.381. The van der Waals surface area contributed by atoms with Gasteiger partial charge >= 0.3 is 0 Å². The Labute approximate surface area is 139 Å². The van der Waals surface area contributed by atoms with Crippen LogP contribution in [0.3, 0.4) is 0 Å². The van der Waals surface area contributed by atoms with Gasteiger partial charge in [0.15, 0.2) is 0 Å². The molecule has 1 heterocycles. The summed E-state index contributed by atoms with van der Waals surface area (Å²) in [5.74, 6) is 0. The standard InChI is InChI=1S/C21H26N2/c1-15-9-11-19(14-22-15)23-16(2)8-10-17-6-5-7-18-12-21(3,4)13-20(17)18/h5-7,9,11,14,23H,2,8,10,12-13H2,1,3-4H3. The molecule has 1 aliphatic carbocycles. The van der Waals surface area contributed by atoms with Crippen LogP contribution in [0.2, 0.25) is 0 Å². The Hall–Kier alpha value is -2.09. The molecule has 2 heteroatoms. The van der Waals surface area contributed by atoms with E-state index < -0.39 is 0 Å². The second-order valence-electron chi connectivity index (χ2n) is 7.49. The first-order chi connectivity index (χ1) is 10.9. The van der Waals surface area contributed by atoms with Gasteiger partial charge in [0, 0.05) is 11.4 Å². The second kappa shape index (κ2) is 6.19. The number of fused-ring (bicyclic) bond motifs is 1. The fourth-order valence-corrected chi connectivity index (χ4v) is 3.47. The number of nitrogens with one attached hydrogen (secondary N) is 1. The maximum absolute atomic E-state index is 4.31. The van der Waals surface area contributed by atoms with Crippen molar-refractivity contribution < 1.29 is 0 Å². The third-order valence-corrected chi connectivity index (χ3v) is 4.62. The van der Waals surface area contributed by atoms with E-state index in [4.69, 9.17) is 0 Å². The normalized spacial score (nSPS) is 15.3. The van der Waals surface area contributed by atoms with Gasteiger partial charge in [-0.05, 0) is 66.8 Å². The lowest BCUT2D eigenvalue weighted by atomic mass is 9.89. The zero-order valence-corrected chi connectivity index (χ0v) is 14.4. The highest BCUT2D eigenvalue weighted by molar-refractivity contribution is 5.46. The van der Waals surface area contributed by atoms with Crippen molar-refractivity contribution in [2.24, 2.45) is 5.41 Å². The van der Waals surface area contributed by atoms with E-state index in [0.29, 0.717) is 5.41 Å². The lowest BCUT2D eigenvalue weighted by Gasteiger charge is -2.15. The highest BCUT2D eigenvalue weighted by Crippen LogP contribution is 2.38. The van der Waals surface area contributed by atoms with Gasteiger partial charge in [0.25, 0.3) is 0 Å². The Kier molecular flexibility index (Phi) is 4.25. The van der Waals surface area contributed by atoms with Crippen LogP contribution in [0.25, 0.3) is 0 Å². The summed E-state index contributed by atoms with van der Waals surface area (Å²) in [6, 6.07) is 10.8. The van der Waals surface area contributed by atoms with Crippen molar-refractivity contribution in [2.75, 3.05) is 5.32 Å². The molecule has 0 unspecified atom stereocenters. The van der Waals surface area contributed by atoms with Crippen molar-refractivity contribution in [3.05, 3.63) is 71.2 Å². The molecule has 0 aliphatic heterocycles. The molecule has 0 amide bonds. The number of benzene rings is 1. The Bertz CT molecular complexity index is 711. The van der Waals surface area contributed by atoms with Crippen LogP contribution in [0.5, 0.6) is 0 Å². The minimum Gasteiger partial charge on any atom is -0.358 e. The quantitative estimate of drug-likeness (QED) is 0.834. The largest absolute Gasteiger partial charge is 0.358 e. The average Bonchev–Trinajstić information content (AvgIpc) is 2.82. The number of aromatic nitrogens is 1. The Morgan fingerprint density at radius 1 is 1.22 bits per heavy atom. The summed E-state index contributed by atoms with van der Waals surface area (Å²) in [6.45, 7) is 10.9. The van der Waals surface area contributed by atoms with Gasteiger partial charge < -0.3 is 5.32 Å². The van der Waals surface area contributed by atoms with Gasteiger partial charge in [-0.3, -0.25) is 4.98 Å². The number of nitrogens with zero attached hydrogens (tertiary/aromatic N) is 1. The van der Waals surface area contributed by atoms with E-state index in [0.717, 1.165) is 29.9 Å². The van der Waals surface area contributed by atoms with Gasteiger partial charge in [-0.2, -0.15) is 0 Å². The first-order valence-corrected chi connectivity index (χ1v) is 8.40. The SMILES string of the molecule is C=C(CCc1cccc2c1CC(C)(C)C2)Nc1ccc(C)nc1. The van der Waals surface area contributed by atoms with Gasteiger partial charge in [-0.1, -0.05) is 38.6 Å². The number of hydrogen-bond acceptors (Lipinski definition) is 2. The van der Waals surface area contributed by atoms with Crippen LogP contribution < -0.4 is 5.32 Å². The van der Waals surface area contributed by atoms with E-state index in [1.54, 1.807) is 5.56 Å². The summed E-state index contributed by atoms with van der Waals surface area (Å²) < 4.78 is 0. The Morgan fingerprint density at radius 2 is 2.04 bits per heavy atom. The molecule has 0 bridgehead atoms. The van der Waals surface area contributed by atoms with Crippen LogP contribution in [0.1, 0.15) is 42.7 Å². The van der Waals surface area contributed by atoms with Crippen LogP contribution in [-0.2, 0) is 19.3 Å². The van der Waals surface area contributed by atoms with Crippen molar-refractivity contribution in [3.63, 3.8) is 0 Å². The molecule has 0 fully saturated rings. The molecule has 2 aromatic rings. The van der Waals surface area contributed by atoms with E-state index in [1.807, 2.05) is 19.2 Å². The molecule has 0 saturated heterocycles. The van der Waals surface area contributed by atoms with E-state index >= 15 is 0 Å². The predicted molar refractivity (Wildman–Crippen MR) is 97.7 cm³/mol. The van der Waals surface area contributed by atoms with Gasteiger partial charge in [-0.25, -0.2) is 0 Å². The van der Waals surface area contributed by atoms with Crippen LogP contribution in [0.15, 0.2) is 48.8 Å². The molecule has 120 valence electrons. The van der Waals surface area contributed by atoms with Gasteiger partial charge in [0.05, 0.1) is 11.9 Å². The number of rotatable bonds is 5. The summed E-state index contributed by atoms with van der Waals surface area (Å²) in [5.41, 5.74) is 8.09. The summed E-state index contributed by atoms with van der Waals surface area (Å²) in [5, 5.41) is 3.37. The number of hydrogen-bond donors (Lipinski definition) is 1. The van der Waals surface area contributed by atoms with E-state index in [2.05, 4.69) is 55.0 Å². The molecule has 1 aromatic heterocycles. The Morgan fingerprint density at radius 3 is 2.78 bits per heavy atom. The number of pyridine rings is 1. The summed E-state index contributed by atoms with van der Waals surface area (Å²) in [4.78, 5) is 4.31. The minimum absolute atomic E-state index is 0.404. The Balaban J connectivity index is 1.62. The predicted octanol–water partition coefficient (Wildman–Crippen LogP) is 5.07. The molecule has 1 aliphatic rings. The van der Waals surface area contributed by atoms with Crippen LogP contribution in [0, 0.1) is 12.3 Å². The lowest BCUT2D eigenvalue weighted by Crippen LogP contribution is -2.10. The van der Waals surface area contributed by atoms with Crippen molar-refractivity contribution in [3.8, 4) is 0 Å². The smallest absolute Gasteiger partial charge is 0.0568 e. The van der Waals surface area contributed by atoms with Crippen LogP contribution in [-0.4, -0.2) is 4.98 Å². The van der Waals surface area contributed by atoms with E-state index in [-0.39, 0.29) is 0 Å². The molecule has 0 radical (unpaired) electrons. The third kappa shape index (κ3) is 3.82. The zero-order chi connectivity index (χ0) is 16.4. The average molecular weight is 306 g/mol. The topological polar surface area (TPSA) is 24.9 Å². The molecule has 1 aromatic carbocycles. The molecule has 0 spiro atoms. The summed E-state index contributed by atoms with van der Waals surface area (Å²) in [7, 11) is 0.